The molecular weight excluding hydrogens is 281 g/mol. The molecular formula is C14H18FNO3S. The first-order chi connectivity index (χ1) is 9.45. The van der Waals surface area contributed by atoms with E-state index >= 15 is 0 Å². The maximum atomic E-state index is 13.7. The van der Waals surface area contributed by atoms with Gasteiger partial charge in [-0.25, -0.2) is 9.18 Å². The molecule has 1 rings (SSSR count). The van der Waals surface area contributed by atoms with Gasteiger partial charge in [-0.05, 0) is 43.0 Å². The summed E-state index contributed by atoms with van der Waals surface area (Å²) in [6, 6.07) is 3.22. The van der Waals surface area contributed by atoms with E-state index in [2.05, 4.69) is 12.2 Å². The van der Waals surface area contributed by atoms with Crippen LogP contribution in [0.15, 0.2) is 18.2 Å². The molecule has 2 N–H and O–H groups in total. The topological polar surface area (TPSA) is 66.4 Å². The van der Waals surface area contributed by atoms with Crippen LogP contribution < -0.4 is 5.32 Å². The molecule has 0 aromatic heterocycles. The van der Waals surface area contributed by atoms with Gasteiger partial charge in [-0.3, -0.25) is 4.79 Å². The molecule has 110 valence electrons. The smallest absolute Gasteiger partial charge is 0.335 e. The van der Waals surface area contributed by atoms with E-state index in [0.717, 1.165) is 24.0 Å². The van der Waals surface area contributed by atoms with Gasteiger partial charge in [0.05, 0.1) is 11.1 Å². The molecule has 0 saturated carbocycles. The minimum atomic E-state index is -1.22. The standard InChI is InChI=1S/C14H18FNO3S/c1-3-20-7-6-9(2)16-13(17)11-5-4-10(14(18)19)8-12(11)15/h4-5,8-9H,3,6-7H2,1-2H3,(H,16,17)(H,18,19). The van der Waals surface area contributed by atoms with Crippen LogP contribution in [0, 0.1) is 5.82 Å². The van der Waals surface area contributed by atoms with Crippen molar-refractivity contribution in [1.29, 1.82) is 0 Å². The monoisotopic (exact) mass is 299 g/mol. The largest absolute Gasteiger partial charge is 0.478 e. The van der Waals surface area contributed by atoms with Crippen LogP contribution in [-0.4, -0.2) is 34.5 Å². The van der Waals surface area contributed by atoms with Gasteiger partial charge in [-0.15, -0.1) is 0 Å². The number of benzene rings is 1. The third-order valence-electron chi connectivity index (χ3n) is 2.74. The molecule has 4 nitrogen and oxygen atoms in total. The fourth-order valence-electron chi connectivity index (χ4n) is 1.61. The minimum absolute atomic E-state index is 0.0555. The fourth-order valence-corrected chi connectivity index (χ4v) is 2.42. The normalized spacial score (nSPS) is 11.9. The predicted molar refractivity (Wildman–Crippen MR) is 77.9 cm³/mol. The third-order valence-corrected chi connectivity index (χ3v) is 3.67. The van der Waals surface area contributed by atoms with Crippen molar-refractivity contribution in [3.05, 3.63) is 35.1 Å². The maximum Gasteiger partial charge on any atom is 0.335 e. The number of nitrogens with one attached hydrogen (secondary N) is 1. The molecule has 0 aliphatic rings. The van der Waals surface area contributed by atoms with Crippen LogP contribution in [-0.2, 0) is 0 Å². The lowest BCUT2D eigenvalue weighted by Crippen LogP contribution is -2.33. The molecule has 0 saturated heterocycles. The Morgan fingerprint density at radius 1 is 1.45 bits per heavy atom. The van der Waals surface area contributed by atoms with Crippen LogP contribution in [0.3, 0.4) is 0 Å². The quantitative estimate of drug-likeness (QED) is 0.760. The van der Waals surface area contributed by atoms with E-state index < -0.39 is 17.7 Å². The van der Waals surface area contributed by atoms with Crippen molar-refractivity contribution in [2.75, 3.05) is 11.5 Å². The first kappa shape index (κ1) is 16.5. The average molecular weight is 299 g/mol. The summed E-state index contributed by atoms with van der Waals surface area (Å²) < 4.78 is 13.7. The molecule has 20 heavy (non-hydrogen) atoms. The Morgan fingerprint density at radius 2 is 2.15 bits per heavy atom. The van der Waals surface area contributed by atoms with Crippen LogP contribution in [0.1, 0.15) is 41.0 Å². The van der Waals surface area contributed by atoms with E-state index in [1.165, 1.54) is 12.1 Å². The van der Waals surface area contributed by atoms with Crippen LogP contribution in [0.5, 0.6) is 0 Å². The highest BCUT2D eigenvalue weighted by Gasteiger charge is 2.16. The highest BCUT2D eigenvalue weighted by Crippen LogP contribution is 2.11. The van der Waals surface area contributed by atoms with Crippen LogP contribution >= 0.6 is 11.8 Å². The van der Waals surface area contributed by atoms with Crippen molar-refractivity contribution in [2.45, 2.75) is 26.3 Å². The van der Waals surface area contributed by atoms with Gasteiger partial charge >= 0.3 is 5.97 Å². The molecule has 1 aromatic carbocycles. The van der Waals surface area contributed by atoms with Gasteiger partial charge in [0, 0.05) is 6.04 Å². The van der Waals surface area contributed by atoms with E-state index in [4.69, 9.17) is 5.11 Å². The summed E-state index contributed by atoms with van der Waals surface area (Å²) in [4.78, 5) is 22.6. The van der Waals surface area contributed by atoms with E-state index in [0.29, 0.717) is 0 Å². The number of carboxylic acid groups (broad SMARTS) is 1. The van der Waals surface area contributed by atoms with E-state index in [9.17, 15) is 14.0 Å². The number of amides is 1. The number of rotatable bonds is 7. The van der Waals surface area contributed by atoms with E-state index in [1.807, 2.05) is 6.92 Å². The summed E-state index contributed by atoms with van der Waals surface area (Å²) in [5.74, 6) is -0.614. The molecule has 1 unspecified atom stereocenters. The summed E-state index contributed by atoms with van der Waals surface area (Å²) in [6.07, 6.45) is 0.805. The number of aromatic carboxylic acids is 1. The van der Waals surface area contributed by atoms with Gasteiger partial charge in [0.1, 0.15) is 5.82 Å². The van der Waals surface area contributed by atoms with Gasteiger partial charge in [0.2, 0.25) is 0 Å². The molecule has 0 heterocycles. The van der Waals surface area contributed by atoms with Crippen molar-refractivity contribution in [3.8, 4) is 0 Å². The molecule has 1 atom stereocenters. The molecule has 0 aliphatic carbocycles. The van der Waals surface area contributed by atoms with Crippen molar-refractivity contribution < 1.29 is 19.1 Å². The van der Waals surface area contributed by atoms with Crippen molar-refractivity contribution >= 4 is 23.6 Å². The Kier molecular flexibility index (Phi) is 6.51. The molecule has 0 spiro atoms. The first-order valence-corrected chi connectivity index (χ1v) is 7.52. The number of carbonyl (C=O) groups excluding carboxylic acids is 1. The SMILES string of the molecule is CCSCCC(C)NC(=O)c1ccc(C(=O)O)cc1F. The second-order valence-electron chi connectivity index (χ2n) is 4.36. The Hall–Kier alpha value is -1.56. The van der Waals surface area contributed by atoms with Crippen molar-refractivity contribution in [3.63, 3.8) is 0 Å². The van der Waals surface area contributed by atoms with Gasteiger partial charge in [-0.1, -0.05) is 6.92 Å². The summed E-state index contributed by atoms with van der Waals surface area (Å²) in [7, 11) is 0. The van der Waals surface area contributed by atoms with E-state index in [-0.39, 0.29) is 17.2 Å². The Morgan fingerprint density at radius 3 is 2.70 bits per heavy atom. The molecule has 6 heteroatoms. The summed E-state index contributed by atoms with van der Waals surface area (Å²) in [6.45, 7) is 3.92. The lowest BCUT2D eigenvalue weighted by molar-refractivity contribution is 0.0695. The number of halogens is 1. The average Bonchev–Trinajstić information content (AvgIpc) is 2.38. The zero-order valence-corrected chi connectivity index (χ0v) is 12.3. The Balaban J connectivity index is 2.65. The van der Waals surface area contributed by atoms with Crippen LogP contribution in [0.2, 0.25) is 0 Å². The summed E-state index contributed by atoms with van der Waals surface area (Å²) >= 11 is 1.78. The van der Waals surface area contributed by atoms with Gasteiger partial charge in [0.25, 0.3) is 5.91 Å². The molecule has 0 fully saturated rings. The molecule has 0 bridgehead atoms. The Bertz CT molecular complexity index is 493. The minimum Gasteiger partial charge on any atom is -0.478 e. The zero-order chi connectivity index (χ0) is 15.1. The van der Waals surface area contributed by atoms with Gasteiger partial charge in [0.15, 0.2) is 0 Å². The highest BCUT2D eigenvalue weighted by atomic mass is 32.2. The number of hydrogen-bond donors (Lipinski definition) is 2. The highest BCUT2D eigenvalue weighted by molar-refractivity contribution is 7.99. The maximum absolute atomic E-state index is 13.7. The Labute approximate surface area is 121 Å². The molecule has 1 amide bonds. The van der Waals surface area contributed by atoms with Gasteiger partial charge < -0.3 is 10.4 Å². The summed E-state index contributed by atoms with van der Waals surface area (Å²) in [5.41, 5.74) is -0.309. The second-order valence-corrected chi connectivity index (χ2v) is 5.75. The van der Waals surface area contributed by atoms with Crippen LogP contribution in [0.25, 0.3) is 0 Å². The zero-order valence-electron chi connectivity index (χ0n) is 11.5. The number of carboxylic acids is 1. The molecule has 0 radical (unpaired) electrons. The van der Waals surface area contributed by atoms with Gasteiger partial charge in [-0.2, -0.15) is 11.8 Å². The summed E-state index contributed by atoms with van der Waals surface area (Å²) in [5, 5.41) is 11.4. The van der Waals surface area contributed by atoms with Crippen molar-refractivity contribution in [1.82, 2.24) is 5.32 Å². The second kappa shape index (κ2) is 7.89. The number of hydrogen-bond acceptors (Lipinski definition) is 3. The lowest BCUT2D eigenvalue weighted by Gasteiger charge is -2.14. The first-order valence-electron chi connectivity index (χ1n) is 6.37. The third kappa shape index (κ3) is 4.85. The number of thioether (sulfide) groups is 1. The number of carbonyl (C=O) groups is 2. The lowest BCUT2D eigenvalue weighted by atomic mass is 10.1. The van der Waals surface area contributed by atoms with Crippen LogP contribution in [0.4, 0.5) is 4.39 Å². The molecule has 0 aliphatic heterocycles. The van der Waals surface area contributed by atoms with Crippen molar-refractivity contribution in [2.24, 2.45) is 0 Å². The predicted octanol–water partition coefficient (Wildman–Crippen LogP) is 2.79. The molecule has 1 aromatic rings. The van der Waals surface area contributed by atoms with E-state index in [1.54, 1.807) is 11.8 Å². The fraction of sp³-hybridized carbons (Fsp3) is 0.429.